The van der Waals surface area contributed by atoms with Crippen LogP contribution in [0.2, 0.25) is 0 Å². The van der Waals surface area contributed by atoms with Crippen LogP contribution in [0.1, 0.15) is 46.8 Å². The molecular weight excluding hydrogens is 398 g/mol. The van der Waals surface area contributed by atoms with Crippen molar-refractivity contribution in [2.45, 2.75) is 37.6 Å². The maximum atomic E-state index is 13.5. The van der Waals surface area contributed by atoms with Gasteiger partial charge >= 0.3 is 0 Å². The molecule has 0 bridgehead atoms. The maximum absolute atomic E-state index is 13.5. The molecule has 5 nitrogen and oxygen atoms in total. The molecule has 2 aliphatic rings. The summed E-state index contributed by atoms with van der Waals surface area (Å²) < 4.78 is 32.9. The summed E-state index contributed by atoms with van der Waals surface area (Å²) in [5.74, 6) is -1.79. The lowest BCUT2D eigenvalue weighted by atomic mass is 9.84. The van der Waals surface area contributed by atoms with Crippen molar-refractivity contribution in [1.82, 2.24) is 14.9 Å². The Bertz CT molecular complexity index is 1080. The quantitative estimate of drug-likeness (QED) is 0.693. The zero-order valence-electron chi connectivity index (χ0n) is 17.1. The molecule has 2 aliphatic heterocycles. The Hall–Kier alpha value is -2.74. The number of pyridine rings is 2. The number of likely N-dealkylation sites (tertiary alicyclic amines) is 1. The van der Waals surface area contributed by atoms with Gasteiger partial charge in [-0.25, -0.2) is 8.78 Å². The minimum Gasteiger partial charge on any atom is -0.365 e. The molecule has 2 N–H and O–H groups in total. The van der Waals surface area contributed by atoms with Gasteiger partial charge in [0, 0.05) is 43.8 Å². The molecule has 1 aromatic carbocycles. The van der Waals surface area contributed by atoms with Gasteiger partial charge in [0.15, 0.2) is 11.6 Å². The van der Waals surface area contributed by atoms with Crippen molar-refractivity contribution in [3.8, 4) is 0 Å². The first-order chi connectivity index (χ1) is 15.0. The van der Waals surface area contributed by atoms with E-state index in [1.807, 2.05) is 30.7 Å². The fraction of sp³-hybridized carbons (Fsp3) is 0.333. The summed E-state index contributed by atoms with van der Waals surface area (Å²) in [6.45, 7) is 3.33. The predicted molar refractivity (Wildman–Crippen MR) is 112 cm³/mol. The Morgan fingerprint density at radius 3 is 2.65 bits per heavy atom. The van der Waals surface area contributed by atoms with Crippen molar-refractivity contribution < 1.29 is 13.5 Å². The van der Waals surface area contributed by atoms with E-state index in [0.29, 0.717) is 17.9 Å². The summed E-state index contributed by atoms with van der Waals surface area (Å²) in [4.78, 5) is 11.2. The Morgan fingerprint density at radius 1 is 1.06 bits per heavy atom. The number of hydrogen-bond donors (Lipinski definition) is 1. The molecule has 4 heterocycles. The lowest BCUT2D eigenvalue weighted by Crippen LogP contribution is -2.42. The van der Waals surface area contributed by atoms with E-state index in [9.17, 15) is 8.78 Å². The molecule has 1 atom stereocenters. The van der Waals surface area contributed by atoms with Crippen LogP contribution in [0.25, 0.3) is 0 Å². The van der Waals surface area contributed by atoms with Crippen LogP contribution in [-0.4, -0.2) is 28.0 Å². The number of benzene rings is 1. The van der Waals surface area contributed by atoms with Crippen LogP contribution < -0.4 is 5.73 Å². The van der Waals surface area contributed by atoms with Crippen LogP contribution in [0, 0.1) is 11.6 Å². The Labute approximate surface area is 179 Å². The van der Waals surface area contributed by atoms with Crippen LogP contribution in [-0.2, 0) is 23.5 Å². The first-order valence-corrected chi connectivity index (χ1v) is 10.5. The molecule has 0 saturated carbocycles. The van der Waals surface area contributed by atoms with Crippen molar-refractivity contribution in [3.05, 3.63) is 94.6 Å². The van der Waals surface area contributed by atoms with Crippen LogP contribution >= 0.6 is 0 Å². The molecule has 0 amide bonds. The van der Waals surface area contributed by atoms with Crippen LogP contribution in [0.3, 0.4) is 0 Å². The molecule has 0 aliphatic carbocycles. The van der Waals surface area contributed by atoms with Gasteiger partial charge in [-0.2, -0.15) is 0 Å². The second kappa shape index (κ2) is 8.07. The number of hydrogen-bond acceptors (Lipinski definition) is 5. The molecular formula is C24H24F2N4O. The van der Waals surface area contributed by atoms with E-state index >= 15 is 0 Å². The summed E-state index contributed by atoms with van der Waals surface area (Å²) in [5.41, 5.74) is 10.7. The van der Waals surface area contributed by atoms with E-state index in [0.717, 1.165) is 50.2 Å². The molecule has 0 radical (unpaired) electrons. The van der Waals surface area contributed by atoms with Crippen molar-refractivity contribution in [1.29, 1.82) is 0 Å². The van der Waals surface area contributed by atoms with Gasteiger partial charge in [0.2, 0.25) is 0 Å². The van der Waals surface area contributed by atoms with Gasteiger partial charge < -0.3 is 10.5 Å². The third-order valence-electron chi connectivity index (χ3n) is 6.45. The molecule has 160 valence electrons. The molecule has 1 unspecified atom stereocenters. The van der Waals surface area contributed by atoms with Gasteiger partial charge in [-0.3, -0.25) is 14.9 Å². The molecule has 1 spiro atoms. The van der Waals surface area contributed by atoms with Crippen molar-refractivity contribution in [2.75, 3.05) is 13.1 Å². The first-order valence-electron chi connectivity index (χ1n) is 10.5. The second-order valence-electron chi connectivity index (χ2n) is 8.33. The van der Waals surface area contributed by atoms with Gasteiger partial charge in [-0.1, -0.05) is 12.1 Å². The first kappa shape index (κ1) is 20.2. The van der Waals surface area contributed by atoms with Crippen LogP contribution in [0.5, 0.6) is 0 Å². The van der Waals surface area contributed by atoms with E-state index in [1.165, 1.54) is 17.2 Å². The number of aromatic nitrogens is 2. The second-order valence-corrected chi connectivity index (χ2v) is 8.33. The average Bonchev–Trinajstić information content (AvgIpc) is 3.16. The molecule has 5 rings (SSSR count). The Morgan fingerprint density at radius 2 is 1.90 bits per heavy atom. The average molecular weight is 422 g/mol. The lowest BCUT2D eigenvalue weighted by Gasteiger charge is -2.39. The van der Waals surface area contributed by atoms with Gasteiger partial charge in [0.05, 0.1) is 23.9 Å². The number of rotatable bonds is 4. The molecule has 7 heteroatoms. The summed E-state index contributed by atoms with van der Waals surface area (Å²) in [7, 11) is 0. The largest absolute Gasteiger partial charge is 0.365 e. The summed E-state index contributed by atoms with van der Waals surface area (Å²) in [6, 6.07) is 9.00. The topological polar surface area (TPSA) is 64.3 Å². The lowest BCUT2D eigenvalue weighted by molar-refractivity contribution is -0.0800. The number of fused-ring (bicyclic) bond motifs is 2. The predicted octanol–water partition coefficient (Wildman–Crippen LogP) is 3.82. The highest BCUT2D eigenvalue weighted by Crippen LogP contribution is 2.43. The van der Waals surface area contributed by atoms with Crippen molar-refractivity contribution >= 4 is 0 Å². The maximum Gasteiger partial charge on any atom is 0.159 e. The highest BCUT2D eigenvalue weighted by atomic mass is 19.2. The van der Waals surface area contributed by atoms with E-state index in [-0.39, 0.29) is 5.60 Å². The molecule has 3 aromatic rings. The summed E-state index contributed by atoms with van der Waals surface area (Å²) in [6.07, 6.45) is 7.48. The fourth-order valence-electron chi connectivity index (χ4n) is 4.59. The van der Waals surface area contributed by atoms with E-state index in [2.05, 4.69) is 20.9 Å². The third-order valence-corrected chi connectivity index (χ3v) is 6.45. The third kappa shape index (κ3) is 3.84. The standard InChI is InChI=1S/C24H24F2N4O/c25-20-3-2-17(11-21(20)26)23(27)22-4-1-16(12-29-22)14-30-9-6-24(7-10-30)19-13-28-8-5-18(19)15-31-24/h1-5,8,11-13,23H,6-7,9-10,14-15,27H2. The minimum atomic E-state index is -0.905. The van der Waals surface area contributed by atoms with E-state index < -0.39 is 17.7 Å². The number of nitrogens with zero attached hydrogens (tertiary/aromatic N) is 3. The summed E-state index contributed by atoms with van der Waals surface area (Å²) in [5, 5.41) is 0. The van der Waals surface area contributed by atoms with Gasteiger partial charge in [-0.05, 0) is 53.8 Å². The highest BCUT2D eigenvalue weighted by molar-refractivity contribution is 5.33. The highest BCUT2D eigenvalue weighted by Gasteiger charge is 2.42. The van der Waals surface area contributed by atoms with Crippen LogP contribution in [0.15, 0.2) is 55.0 Å². The zero-order chi connectivity index (χ0) is 21.4. The molecule has 2 aromatic heterocycles. The summed E-state index contributed by atoms with van der Waals surface area (Å²) >= 11 is 0. The number of ether oxygens (including phenoxy) is 1. The number of halogens is 2. The normalized spacial score (nSPS) is 18.8. The monoisotopic (exact) mass is 422 g/mol. The van der Waals surface area contributed by atoms with E-state index in [4.69, 9.17) is 10.5 Å². The van der Waals surface area contributed by atoms with Gasteiger partial charge in [0.25, 0.3) is 0 Å². The fourth-order valence-corrected chi connectivity index (χ4v) is 4.59. The molecule has 1 fully saturated rings. The Balaban J connectivity index is 1.22. The van der Waals surface area contributed by atoms with Gasteiger partial charge in [0.1, 0.15) is 0 Å². The number of nitrogens with two attached hydrogens (primary N) is 1. The molecule has 1 saturated heterocycles. The number of piperidine rings is 1. The van der Waals surface area contributed by atoms with Gasteiger partial charge in [-0.15, -0.1) is 0 Å². The van der Waals surface area contributed by atoms with Crippen molar-refractivity contribution in [3.63, 3.8) is 0 Å². The minimum absolute atomic E-state index is 0.195. The molecule has 31 heavy (non-hydrogen) atoms. The smallest absolute Gasteiger partial charge is 0.159 e. The van der Waals surface area contributed by atoms with Crippen molar-refractivity contribution in [2.24, 2.45) is 5.73 Å². The zero-order valence-corrected chi connectivity index (χ0v) is 17.1. The Kier molecular flexibility index (Phi) is 5.25. The van der Waals surface area contributed by atoms with Crippen LogP contribution in [0.4, 0.5) is 8.78 Å². The SMILES string of the molecule is NC(c1ccc(F)c(F)c1)c1ccc(CN2CCC3(CC2)OCc2ccncc23)cn1. The van der Waals surface area contributed by atoms with E-state index in [1.54, 1.807) is 0 Å².